The number of hydrogen-bond donors (Lipinski definition) is 2. The quantitative estimate of drug-likeness (QED) is 0.340. The molecule has 36 heavy (non-hydrogen) atoms. The number of hydrogen-bond acceptors (Lipinski definition) is 6. The lowest BCUT2D eigenvalue weighted by Gasteiger charge is -2.34. The predicted molar refractivity (Wildman–Crippen MR) is 140 cm³/mol. The maximum Gasteiger partial charge on any atom is 0.245 e. The standard InChI is InChI=1S/C26H48N5O5/c1-11-20(27)25(35)29(8)14-22(33)31(10)21(13-17(4)5)24(34)28-23(18(6)7)26(36)30(9)19(15-32)12-16(2)3/h16-21,23H,11-14,27H2,1-10H3,(H,28,34)/t19-,20?,21-,23-/m0/s1. The molecular formula is C26H48N5O5. The summed E-state index contributed by atoms with van der Waals surface area (Å²) < 4.78 is 0. The molecule has 4 amide bonds. The number of amides is 4. The van der Waals surface area contributed by atoms with Crippen LogP contribution in [0.15, 0.2) is 0 Å². The Bertz CT molecular complexity index is 755. The van der Waals surface area contributed by atoms with E-state index in [1.807, 2.05) is 47.8 Å². The summed E-state index contributed by atoms with van der Waals surface area (Å²) in [6.45, 7) is 13.0. The first kappa shape index (κ1) is 33.5. The van der Waals surface area contributed by atoms with Gasteiger partial charge in [0.1, 0.15) is 12.1 Å². The molecule has 0 aliphatic heterocycles. The first-order valence-corrected chi connectivity index (χ1v) is 12.8. The van der Waals surface area contributed by atoms with Crippen molar-refractivity contribution in [3.05, 3.63) is 0 Å². The van der Waals surface area contributed by atoms with E-state index in [-0.39, 0.29) is 36.1 Å². The van der Waals surface area contributed by atoms with Crippen LogP contribution in [-0.2, 0) is 24.0 Å². The van der Waals surface area contributed by atoms with E-state index in [1.54, 1.807) is 6.92 Å². The lowest BCUT2D eigenvalue weighted by atomic mass is 9.97. The molecule has 0 rings (SSSR count). The third-order valence-electron chi connectivity index (χ3n) is 6.24. The molecule has 0 saturated heterocycles. The third kappa shape index (κ3) is 10.2. The maximum atomic E-state index is 13.4. The first-order chi connectivity index (χ1) is 16.6. The van der Waals surface area contributed by atoms with Crippen molar-refractivity contribution in [2.75, 3.05) is 27.7 Å². The van der Waals surface area contributed by atoms with Crippen LogP contribution in [-0.4, -0.2) is 96.5 Å². The molecule has 0 fully saturated rings. The molecule has 1 radical (unpaired) electrons. The van der Waals surface area contributed by atoms with E-state index >= 15 is 0 Å². The predicted octanol–water partition coefficient (Wildman–Crippen LogP) is 1.18. The molecule has 0 aromatic rings. The second kappa shape index (κ2) is 15.6. The highest BCUT2D eigenvalue weighted by Gasteiger charge is 2.35. The van der Waals surface area contributed by atoms with Gasteiger partial charge < -0.3 is 25.8 Å². The minimum absolute atomic E-state index is 0.0832. The molecule has 3 N–H and O–H groups in total. The van der Waals surface area contributed by atoms with Gasteiger partial charge in [0, 0.05) is 21.1 Å². The van der Waals surface area contributed by atoms with E-state index in [4.69, 9.17) is 5.73 Å². The Morgan fingerprint density at radius 3 is 1.81 bits per heavy atom. The average molecular weight is 511 g/mol. The van der Waals surface area contributed by atoms with E-state index in [0.717, 1.165) is 0 Å². The van der Waals surface area contributed by atoms with Crippen LogP contribution in [0.2, 0.25) is 0 Å². The normalized spacial score (nSPS) is 14.7. The Hall–Kier alpha value is -2.49. The maximum absolute atomic E-state index is 13.4. The largest absolute Gasteiger partial charge is 0.342 e. The highest BCUT2D eigenvalue weighted by molar-refractivity contribution is 5.94. The molecule has 10 heteroatoms. The molecule has 0 spiro atoms. The van der Waals surface area contributed by atoms with Gasteiger partial charge in [-0.3, -0.25) is 24.0 Å². The molecule has 0 saturated carbocycles. The van der Waals surface area contributed by atoms with Crippen molar-refractivity contribution in [3.8, 4) is 0 Å². The van der Waals surface area contributed by atoms with Gasteiger partial charge in [-0.2, -0.15) is 0 Å². The van der Waals surface area contributed by atoms with Crippen LogP contribution in [0.1, 0.15) is 67.7 Å². The van der Waals surface area contributed by atoms with Crippen LogP contribution in [0.5, 0.6) is 0 Å². The monoisotopic (exact) mass is 510 g/mol. The highest BCUT2D eigenvalue weighted by Crippen LogP contribution is 2.16. The highest BCUT2D eigenvalue weighted by atomic mass is 16.2. The summed E-state index contributed by atoms with van der Waals surface area (Å²) in [4.78, 5) is 67.4. The molecule has 0 aliphatic rings. The van der Waals surface area contributed by atoms with Gasteiger partial charge >= 0.3 is 0 Å². The van der Waals surface area contributed by atoms with Crippen molar-refractivity contribution in [1.29, 1.82) is 0 Å². The van der Waals surface area contributed by atoms with Gasteiger partial charge in [0.25, 0.3) is 0 Å². The van der Waals surface area contributed by atoms with Crippen molar-refractivity contribution in [3.63, 3.8) is 0 Å². The Labute approximate surface area is 217 Å². The van der Waals surface area contributed by atoms with Crippen LogP contribution in [0.4, 0.5) is 0 Å². The van der Waals surface area contributed by atoms with Crippen LogP contribution >= 0.6 is 0 Å². The zero-order chi connectivity index (χ0) is 28.3. The summed E-state index contributed by atoms with van der Waals surface area (Å²) in [5.41, 5.74) is 5.80. The lowest BCUT2D eigenvalue weighted by Crippen LogP contribution is -2.58. The first-order valence-electron chi connectivity index (χ1n) is 12.8. The minimum atomic E-state index is -0.879. The number of rotatable bonds is 15. The summed E-state index contributed by atoms with van der Waals surface area (Å²) in [5.74, 6) is -1.59. The summed E-state index contributed by atoms with van der Waals surface area (Å²) in [6, 6.07) is -3.13. The van der Waals surface area contributed by atoms with Gasteiger partial charge in [0.15, 0.2) is 0 Å². The smallest absolute Gasteiger partial charge is 0.245 e. The second-order valence-corrected chi connectivity index (χ2v) is 10.8. The Morgan fingerprint density at radius 1 is 0.861 bits per heavy atom. The molecule has 1 unspecified atom stereocenters. The topological polar surface area (TPSA) is 133 Å². The van der Waals surface area contributed by atoms with E-state index in [1.165, 1.54) is 35.8 Å². The van der Waals surface area contributed by atoms with Crippen LogP contribution in [0, 0.1) is 17.8 Å². The van der Waals surface area contributed by atoms with E-state index < -0.39 is 36.0 Å². The van der Waals surface area contributed by atoms with Crippen molar-refractivity contribution in [2.45, 2.75) is 91.9 Å². The van der Waals surface area contributed by atoms with E-state index in [2.05, 4.69) is 5.32 Å². The van der Waals surface area contributed by atoms with Crippen molar-refractivity contribution < 1.29 is 24.0 Å². The van der Waals surface area contributed by atoms with Crippen molar-refractivity contribution in [1.82, 2.24) is 20.0 Å². The molecular weight excluding hydrogens is 462 g/mol. The van der Waals surface area contributed by atoms with Crippen LogP contribution < -0.4 is 11.1 Å². The van der Waals surface area contributed by atoms with E-state index in [0.29, 0.717) is 19.3 Å². The summed E-state index contributed by atoms with van der Waals surface area (Å²) >= 11 is 0. The Kier molecular flexibility index (Phi) is 14.5. The number of likely N-dealkylation sites (N-methyl/N-ethyl adjacent to an activating group) is 3. The zero-order valence-electron chi connectivity index (χ0n) is 23.8. The molecule has 0 heterocycles. The second-order valence-electron chi connectivity index (χ2n) is 10.8. The van der Waals surface area contributed by atoms with Crippen molar-refractivity contribution in [2.24, 2.45) is 23.5 Å². The Morgan fingerprint density at radius 2 is 1.39 bits per heavy atom. The fourth-order valence-electron chi connectivity index (χ4n) is 3.78. The molecule has 0 aliphatic carbocycles. The molecule has 0 aromatic carbocycles. The number of carbonyl (C=O) groups is 4. The average Bonchev–Trinajstić information content (AvgIpc) is 2.80. The molecule has 0 aromatic heterocycles. The summed E-state index contributed by atoms with van der Waals surface area (Å²) in [5, 5.41) is 2.82. The molecule has 0 bridgehead atoms. The van der Waals surface area contributed by atoms with E-state index in [9.17, 15) is 24.0 Å². The van der Waals surface area contributed by atoms with Gasteiger partial charge in [-0.25, -0.2) is 0 Å². The zero-order valence-corrected chi connectivity index (χ0v) is 23.8. The third-order valence-corrected chi connectivity index (χ3v) is 6.24. The number of carbonyl (C=O) groups excluding carboxylic acids is 5. The lowest BCUT2D eigenvalue weighted by molar-refractivity contribution is -0.145. The van der Waals surface area contributed by atoms with Gasteiger partial charge in [-0.15, -0.1) is 0 Å². The summed E-state index contributed by atoms with van der Waals surface area (Å²) in [6.07, 6.45) is 3.21. The van der Waals surface area contributed by atoms with Gasteiger partial charge in [-0.1, -0.05) is 48.5 Å². The van der Waals surface area contributed by atoms with Gasteiger partial charge in [0.2, 0.25) is 29.9 Å². The fraction of sp³-hybridized carbons (Fsp3) is 0.808. The van der Waals surface area contributed by atoms with Crippen LogP contribution in [0.3, 0.4) is 0 Å². The minimum Gasteiger partial charge on any atom is -0.342 e. The van der Waals surface area contributed by atoms with Gasteiger partial charge in [-0.05, 0) is 37.0 Å². The van der Waals surface area contributed by atoms with Crippen molar-refractivity contribution >= 4 is 29.9 Å². The number of nitrogens with one attached hydrogen (secondary N) is 1. The molecule has 207 valence electrons. The number of nitrogens with zero attached hydrogens (tertiary/aromatic N) is 3. The SMILES string of the molecule is CCC(N)C(=O)N(C)CC(=O)N(C)[C@@H](CC(C)C)C(=O)N[C@H](C(=O)N(C)[C@H]([C]=O)CC(C)C)C(C)C. The van der Waals surface area contributed by atoms with Crippen LogP contribution in [0.25, 0.3) is 0 Å². The molecule has 4 atom stereocenters. The molecule has 10 nitrogen and oxygen atoms in total. The Balaban J connectivity index is 5.72. The number of nitrogens with two attached hydrogens (primary N) is 1. The summed E-state index contributed by atoms with van der Waals surface area (Å²) in [7, 11) is 4.56. The fourth-order valence-corrected chi connectivity index (χ4v) is 3.78. The van der Waals surface area contributed by atoms with Gasteiger partial charge in [0.05, 0.1) is 18.6 Å².